The van der Waals surface area contributed by atoms with E-state index in [9.17, 15) is 4.79 Å². The first kappa shape index (κ1) is 22.6. The number of hydrogen-bond acceptors (Lipinski definition) is 4. The summed E-state index contributed by atoms with van der Waals surface area (Å²) in [6.45, 7) is 11.5. The highest BCUT2D eigenvalue weighted by atomic mass is 16.5. The van der Waals surface area contributed by atoms with E-state index in [0.29, 0.717) is 13.2 Å². The van der Waals surface area contributed by atoms with Crippen LogP contribution in [-0.2, 0) is 4.79 Å². The standard InChI is InChI=1S/C25H32N4O2/c1-17-7-9-22(10-8-17)29-21(5)25(20(4)27-29)26-24(30)16-28(6)11-12-31-23-14-18(2)13-19(3)15-23/h7-10,13-15H,11-12,16H2,1-6H3,(H,26,30). The largest absolute Gasteiger partial charge is 0.492 e. The normalized spacial score (nSPS) is 11.1. The van der Waals surface area contributed by atoms with Crippen molar-refractivity contribution in [1.82, 2.24) is 14.7 Å². The van der Waals surface area contributed by atoms with Crippen molar-refractivity contribution >= 4 is 11.6 Å². The number of nitrogens with zero attached hydrogens (tertiary/aromatic N) is 3. The van der Waals surface area contributed by atoms with E-state index in [2.05, 4.69) is 49.4 Å². The van der Waals surface area contributed by atoms with Gasteiger partial charge in [0.1, 0.15) is 12.4 Å². The molecule has 0 spiro atoms. The molecule has 0 fully saturated rings. The summed E-state index contributed by atoms with van der Waals surface area (Å²) in [5.41, 5.74) is 7.02. The molecule has 1 N–H and O–H groups in total. The molecule has 1 amide bonds. The van der Waals surface area contributed by atoms with Gasteiger partial charge in [0.05, 0.1) is 29.3 Å². The fraction of sp³-hybridized carbons (Fsp3) is 0.360. The molecule has 0 aliphatic rings. The number of nitrogens with one attached hydrogen (secondary N) is 1. The van der Waals surface area contributed by atoms with E-state index < -0.39 is 0 Å². The quantitative estimate of drug-likeness (QED) is 0.588. The van der Waals surface area contributed by atoms with Gasteiger partial charge in [0.25, 0.3) is 0 Å². The Labute approximate surface area is 184 Å². The van der Waals surface area contributed by atoms with Crippen LogP contribution in [0, 0.1) is 34.6 Å². The van der Waals surface area contributed by atoms with Crippen LogP contribution < -0.4 is 10.1 Å². The van der Waals surface area contributed by atoms with Gasteiger partial charge in [-0.2, -0.15) is 5.10 Å². The minimum atomic E-state index is -0.0662. The van der Waals surface area contributed by atoms with Crippen LogP contribution >= 0.6 is 0 Å². The van der Waals surface area contributed by atoms with Crippen molar-refractivity contribution in [1.29, 1.82) is 0 Å². The molecule has 3 rings (SSSR count). The van der Waals surface area contributed by atoms with E-state index in [1.165, 1.54) is 16.7 Å². The van der Waals surface area contributed by atoms with Crippen molar-refractivity contribution in [3.63, 3.8) is 0 Å². The van der Waals surface area contributed by atoms with Gasteiger partial charge in [-0.25, -0.2) is 4.68 Å². The Hall–Kier alpha value is -3.12. The van der Waals surface area contributed by atoms with Crippen molar-refractivity contribution < 1.29 is 9.53 Å². The smallest absolute Gasteiger partial charge is 0.238 e. The molecule has 0 saturated carbocycles. The van der Waals surface area contributed by atoms with Crippen molar-refractivity contribution in [2.45, 2.75) is 34.6 Å². The lowest BCUT2D eigenvalue weighted by atomic mass is 10.1. The molecule has 0 saturated heterocycles. The topological polar surface area (TPSA) is 59.4 Å². The third-order valence-electron chi connectivity index (χ3n) is 5.18. The Bertz CT molecular complexity index is 1030. The van der Waals surface area contributed by atoms with Crippen LogP contribution in [0.5, 0.6) is 5.75 Å². The zero-order valence-electron chi connectivity index (χ0n) is 19.3. The molecule has 0 aliphatic carbocycles. The average Bonchev–Trinajstić information content (AvgIpc) is 2.96. The molecule has 0 unspecified atom stereocenters. The minimum Gasteiger partial charge on any atom is -0.492 e. The lowest BCUT2D eigenvalue weighted by molar-refractivity contribution is -0.117. The summed E-state index contributed by atoms with van der Waals surface area (Å²) in [5, 5.41) is 7.64. The van der Waals surface area contributed by atoms with Crippen LogP contribution in [0.4, 0.5) is 5.69 Å². The molecule has 0 aliphatic heterocycles. The second kappa shape index (κ2) is 9.79. The molecule has 0 atom stereocenters. The number of amides is 1. The van der Waals surface area contributed by atoms with Gasteiger partial charge < -0.3 is 10.1 Å². The van der Waals surface area contributed by atoms with Crippen molar-refractivity contribution in [2.24, 2.45) is 0 Å². The molecule has 31 heavy (non-hydrogen) atoms. The Morgan fingerprint density at radius 2 is 1.65 bits per heavy atom. The Kier molecular flexibility index (Phi) is 7.13. The fourth-order valence-corrected chi connectivity index (χ4v) is 3.60. The molecular weight excluding hydrogens is 388 g/mol. The summed E-state index contributed by atoms with van der Waals surface area (Å²) in [7, 11) is 1.92. The summed E-state index contributed by atoms with van der Waals surface area (Å²) < 4.78 is 7.72. The number of likely N-dealkylation sites (N-methyl/N-ethyl adjacent to an activating group) is 1. The summed E-state index contributed by atoms with van der Waals surface area (Å²) in [6.07, 6.45) is 0. The van der Waals surface area contributed by atoms with Gasteiger partial charge in [-0.15, -0.1) is 0 Å². The maximum absolute atomic E-state index is 12.6. The Morgan fingerprint density at radius 3 is 2.29 bits per heavy atom. The summed E-state index contributed by atoms with van der Waals surface area (Å²) in [6, 6.07) is 14.3. The first-order chi connectivity index (χ1) is 14.7. The molecule has 0 radical (unpaired) electrons. The number of carbonyl (C=O) groups excluding carboxylic acids is 1. The van der Waals surface area contributed by atoms with E-state index in [1.807, 2.05) is 54.7 Å². The number of ether oxygens (including phenoxy) is 1. The average molecular weight is 421 g/mol. The SMILES string of the molecule is Cc1ccc(-n2nc(C)c(NC(=O)CN(C)CCOc3cc(C)cc(C)c3)c2C)cc1. The molecule has 3 aromatic rings. The second-order valence-electron chi connectivity index (χ2n) is 8.25. The highest BCUT2D eigenvalue weighted by Gasteiger charge is 2.16. The zero-order chi connectivity index (χ0) is 22.5. The Balaban J connectivity index is 1.54. The maximum atomic E-state index is 12.6. The van der Waals surface area contributed by atoms with Crippen molar-refractivity contribution in [3.05, 3.63) is 70.5 Å². The van der Waals surface area contributed by atoms with Crippen LogP contribution in [0.3, 0.4) is 0 Å². The van der Waals surface area contributed by atoms with Gasteiger partial charge in [0.15, 0.2) is 0 Å². The maximum Gasteiger partial charge on any atom is 0.238 e. The van der Waals surface area contributed by atoms with Gasteiger partial charge in [-0.1, -0.05) is 23.8 Å². The first-order valence-electron chi connectivity index (χ1n) is 10.6. The molecule has 6 nitrogen and oxygen atoms in total. The lowest BCUT2D eigenvalue weighted by Crippen LogP contribution is -2.33. The number of benzene rings is 2. The number of aryl methyl sites for hydroxylation is 4. The Morgan fingerprint density at radius 1 is 1.00 bits per heavy atom. The molecule has 0 bridgehead atoms. The van der Waals surface area contributed by atoms with Crippen LogP contribution in [0.1, 0.15) is 28.1 Å². The molecular formula is C25H32N4O2. The fourth-order valence-electron chi connectivity index (χ4n) is 3.60. The predicted molar refractivity (Wildman–Crippen MR) is 125 cm³/mol. The van der Waals surface area contributed by atoms with Crippen LogP contribution in [0.15, 0.2) is 42.5 Å². The van der Waals surface area contributed by atoms with E-state index in [1.54, 1.807) is 0 Å². The van der Waals surface area contributed by atoms with Crippen molar-refractivity contribution in [3.8, 4) is 11.4 Å². The minimum absolute atomic E-state index is 0.0662. The highest BCUT2D eigenvalue weighted by molar-refractivity contribution is 5.93. The molecule has 1 aromatic heterocycles. The monoisotopic (exact) mass is 420 g/mol. The number of anilines is 1. The van der Waals surface area contributed by atoms with Crippen LogP contribution in [0.2, 0.25) is 0 Å². The highest BCUT2D eigenvalue weighted by Crippen LogP contribution is 2.23. The van der Waals surface area contributed by atoms with Gasteiger partial charge in [0.2, 0.25) is 5.91 Å². The lowest BCUT2D eigenvalue weighted by Gasteiger charge is -2.17. The van der Waals surface area contributed by atoms with Crippen molar-refractivity contribution in [2.75, 3.05) is 32.1 Å². The first-order valence-corrected chi connectivity index (χ1v) is 10.6. The van der Waals surface area contributed by atoms with Gasteiger partial charge in [-0.05, 0) is 77.1 Å². The molecule has 2 aromatic carbocycles. The summed E-state index contributed by atoms with van der Waals surface area (Å²) in [4.78, 5) is 14.6. The van der Waals surface area contributed by atoms with Gasteiger partial charge in [0, 0.05) is 6.54 Å². The summed E-state index contributed by atoms with van der Waals surface area (Å²) >= 11 is 0. The zero-order valence-corrected chi connectivity index (χ0v) is 19.3. The predicted octanol–water partition coefficient (Wildman–Crippen LogP) is 4.36. The van der Waals surface area contributed by atoms with Crippen LogP contribution in [-0.4, -0.2) is 47.3 Å². The molecule has 164 valence electrons. The number of hydrogen-bond donors (Lipinski definition) is 1. The third-order valence-corrected chi connectivity index (χ3v) is 5.18. The number of aromatic nitrogens is 2. The number of rotatable bonds is 8. The van der Waals surface area contributed by atoms with E-state index in [0.717, 1.165) is 28.5 Å². The van der Waals surface area contributed by atoms with E-state index >= 15 is 0 Å². The third kappa shape index (κ3) is 5.95. The van der Waals surface area contributed by atoms with Crippen LogP contribution in [0.25, 0.3) is 5.69 Å². The van der Waals surface area contributed by atoms with Gasteiger partial charge in [-0.3, -0.25) is 9.69 Å². The van der Waals surface area contributed by atoms with E-state index in [4.69, 9.17) is 4.74 Å². The number of carbonyl (C=O) groups is 1. The van der Waals surface area contributed by atoms with E-state index in [-0.39, 0.29) is 12.5 Å². The molecule has 1 heterocycles. The molecule has 6 heteroatoms. The summed E-state index contributed by atoms with van der Waals surface area (Å²) in [5.74, 6) is 0.800. The van der Waals surface area contributed by atoms with Gasteiger partial charge >= 0.3 is 0 Å². The second-order valence-corrected chi connectivity index (χ2v) is 8.25.